The summed E-state index contributed by atoms with van der Waals surface area (Å²) in [5.74, 6) is -0.145. The van der Waals surface area contributed by atoms with Crippen LogP contribution in [-0.4, -0.2) is 31.4 Å². The van der Waals surface area contributed by atoms with Crippen molar-refractivity contribution in [2.24, 2.45) is 5.92 Å². The van der Waals surface area contributed by atoms with Crippen molar-refractivity contribution in [1.82, 2.24) is 14.5 Å². The predicted octanol–water partition coefficient (Wildman–Crippen LogP) is 3.28. The van der Waals surface area contributed by atoms with Gasteiger partial charge in [-0.1, -0.05) is 18.2 Å². The molecule has 0 saturated heterocycles. The van der Waals surface area contributed by atoms with Gasteiger partial charge in [-0.25, -0.2) is 9.97 Å². The smallest absolute Gasteiger partial charge is 0.313 e. The van der Waals surface area contributed by atoms with Crippen molar-refractivity contribution in [3.05, 3.63) is 17.8 Å². The second-order valence-corrected chi connectivity index (χ2v) is 6.68. The number of hydrogen-bond acceptors (Lipinski definition) is 4. The lowest BCUT2D eigenvalue weighted by Crippen LogP contribution is -2.23. The van der Waals surface area contributed by atoms with Crippen LogP contribution in [0.1, 0.15) is 37.8 Å². The van der Waals surface area contributed by atoms with Gasteiger partial charge in [0.1, 0.15) is 5.52 Å². The number of carbonyl (C=O) groups is 1. The Bertz CT molecular complexity index is 679. The maximum atomic E-state index is 10.9. The van der Waals surface area contributed by atoms with Crippen molar-refractivity contribution in [3.8, 4) is 0 Å². The van der Waals surface area contributed by atoms with Gasteiger partial charge in [0.2, 0.25) is 0 Å². The number of aliphatic carboxylic acids is 1. The maximum absolute atomic E-state index is 10.9. The van der Waals surface area contributed by atoms with Crippen LogP contribution in [0, 0.1) is 12.8 Å². The molecule has 1 N–H and O–H groups in total. The van der Waals surface area contributed by atoms with Crippen LogP contribution < -0.4 is 0 Å². The second kappa shape index (κ2) is 5.67. The van der Waals surface area contributed by atoms with Crippen LogP contribution >= 0.6 is 11.8 Å². The quantitative estimate of drug-likeness (QED) is 0.859. The third-order valence-corrected chi connectivity index (χ3v) is 5.14. The molecule has 0 radical (unpaired) electrons. The SMILES string of the molecule is Cc1cnc2c(c1)nc(SCC(=O)O)n2C(C)C1CCC1. The van der Waals surface area contributed by atoms with Crippen molar-refractivity contribution in [2.75, 3.05) is 5.75 Å². The van der Waals surface area contributed by atoms with Crippen molar-refractivity contribution in [1.29, 1.82) is 0 Å². The predicted molar refractivity (Wildman–Crippen MR) is 82.7 cm³/mol. The Labute approximate surface area is 127 Å². The molecule has 21 heavy (non-hydrogen) atoms. The zero-order valence-corrected chi connectivity index (χ0v) is 13.1. The van der Waals surface area contributed by atoms with Crippen LogP contribution in [0.4, 0.5) is 0 Å². The lowest BCUT2D eigenvalue weighted by Gasteiger charge is -2.33. The summed E-state index contributed by atoms with van der Waals surface area (Å²) in [4.78, 5) is 20.0. The first kappa shape index (κ1) is 14.4. The van der Waals surface area contributed by atoms with E-state index >= 15 is 0 Å². The number of thioether (sulfide) groups is 1. The van der Waals surface area contributed by atoms with Gasteiger partial charge < -0.3 is 9.67 Å². The molecule has 2 aromatic heterocycles. The summed E-state index contributed by atoms with van der Waals surface area (Å²) in [6.45, 7) is 4.18. The number of pyridine rings is 1. The molecule has 2 heterocycles. The molecule has 0 bridgehead atoms. The van der Waals surface area contributed by atoms with E-state index in [4.69, 9.17) is 5.11 Å². The van der Waals surface area contributed by atoms with Gasteiger partial charge in [-0.2, -0.15) is 0 Å². The fourth-order valence-corrected chi connectivity index (χ4v) is 3.60. The number of carboxylic acid groups (broad SMARTS) is 1. The summed E-state index contributed by atoms with van der Waals surface area (Å²) >= 11 is 1.28. The van der Waals surface area contributed by atoms with Gasteiger partial charge in [0.15, 0.2) is 10.8 Å². The topological polar surface area (TPSA) is 68.0 Å². The lowest BCUT2D eigenvalue weighted by atomic mass is 9.80. The molecule has 1 unspecified atom stereocenters. The van der Waals surface area contributed by atoms with Gasteiger partial charge >= 0.3 is 5.97 Å². The highest BCUT2D eigenvalue weighted by Crippen LogP contribution is 2.39. The molecule has 1 fully saturated rings. The molecule has 6 heteroatoms. The molecule has 0 aliphatic heterocycles. The lowest BCUT2D eigenvalue weighted by molar-refractivity contribution is -0.133. The van der Waals surface area contributed by atoms with Crippen LogP contribution in [0.2, 0.25) is 0 Å². The van der Waals surface area contributed by atoms with E-state index in [1.807, 2.05) is 19.2 Å². The molecule has 2 aromatic rings. The molecule has 5 nitrogen and oxygen atoms in total. The number of carboxylic acids is 1. The molecule has 3 rings (SSSR count). The van der Waals surface area contributed by atoms with Crippen molar-refractivity contribution in [3.63, 3.8) is 0 Å². The summed E-state index contributed by atoms with van der Waals surface area (Å²) in [5, 5.41) is 9.68. The number of fused-ring (bicyclic) bond motifs is 1. The minimum absolute atomic E-state index is 0.0275. The zero-order chi connectivity index (χ0) is 15.0. The largest absolute Gasteiger partial charge is 0.481 e. The van der Waals surface area contributed by atoms with E-state index in [1.165, 1.54) is 31.0 Å². The first-order chi connectivity index (χ1) is 10.1. The number of imidazole rings is 1. The van der Waals surface area contributed by atoms with Crippen LogP contribution in [-0.2, 0) is 4.79 Å². The van der Waals surface area contributed by atoms with Gasteiger partial charge in [-0.05, 0) is 44.2 Å². The van der Waals surface area contributed by atoms with Crippen LogP contribution in [0.25, 0.3) is 11.2 Å². The highest BCUT2D eigenvalue weighted by atomic mass is 32.2. The first-order valence-corrected chi connectivity index (χ1v) is 8.24. The van der Waals surface area contributed by atoms with Gasteiger partial charge in [0.25, 0.3) is 0 Å². The Balaban J connectivity index is 2.03. The molecule has 1 saturated carbocycles. The van der Waals surface area contributed by atoms with Gasteiger partial charge in [0.05, 0.1) is 5.75 Å². The van der Waals surface area contributed by atoms with Gasteiger partial charge in [-0.3, -0.25) is 4.79 Å². The normalized spacial score (nSPS) is 16.9. The van der Waals surface area contributed by atoms with E-state index in [-0.39, 0.29) is 5.75 Å². The summed E-state index contributed by atoms with van der Waals surface area (Å²) in [7, 11) is 0. The van der Waals surface area contributed by atoms with Gasteiger partial charge in [-0.15, -0.1) is 0 Å². The monoisotopic (exact) mass is 305 g/mol. The Morgan fingerprint density at radius 2 is 2.33 bits per heavy atom. The molecule has 1 aliphatic rings. The third-order valence-electron chi connectivity index (χ3n) is 4.20. The van der Waals surface area contributed by atoms with E-state index in [0.717, 1.165) is 21.9 Å². The Morgan fingerprint density at radius 1 is 1.57 bits per heavy atom. The molecule has 1 atom stereocenters. The van der Waals surface area contributed by atoms with Crippen LogP contribution in [0.15, 0.2) is 17.4 Å². The summed E-state index contributed by atoms with van der Waals surface area (Å²) in [6, 6.07) is 2.33. The van der Waals surface area contributed by atoms with E-state index in [0.29, 0.717) is 12.0 Å². The average Bonchev–Trinajstić information content (AvgIpc) is 2.71. The third kappa shape index (κ3) is 2.77. The molecular formula is C15H19N3O2S. The first-order valence-electron chi connectivity index (χ1n) is 7.25. The summed E-state index contributed by atoms with van der Waals surface area (Å²) in [5.41, 5.74) is 2.79. The molecule has 112 valence electrons. The number of aryl methyl sites for hydroxylation is 1. The van der Waals surface area contributed by atoms with E-state index in [2.05, 4.69) is 21.5 Å². The molecule has 0 aromatic carbocycles. The highest BCUT2D eigenvalue weighted by Gasteiger charge is 2.28. The van der Waals surface area contributed by atoms with E-state index < -0.39 is 5.97 Å². The van der Waals surface area contributed by atoms with Crippen molar-refractivity contribution < 1.29 is 9.90 Å². The Morgan fingerprint density at radius 3 is 2.95 bits per heavy atom. The molecule has 0 spiro atoms. The minimum Gasteiger partial charge on any atom is -0.481 e. The average molecular weight is 305 g/mol. The fourth-order valence-electron chi connectivity index (χ4n) is 2.79. The van der Waals surface area contributed by atoms with Crippen LogP contribution in [0.5, 0.6) is 0 Å². The minimum atomic E-state index is -0.820. The number of rotatable bonds is 5. The van der Waals surface area contributed by atoms with Crippen LogP contribution in [0.3, 0.4) is 0 Å². The van der Waals surface area contributed by atoms with E-state index in [1.54, 1.807) is 0 Å². The van der Waals surface area contributed by atoms with Crippen molar-refractivity contribution in [2.45, 2.75) is 44.3 Å². The molecule has 1 aliphatic carbocycles. The Kier molecular flexibility index (Phi) is 3.89. The Hall–Kier alpha value is -1.56. The number of nitrogens with zero attached hydrogens (tertiary/aromatic N) is 3. The second-order valence-electron chi connectivity index (χ2n) is 5.73. The summed E-state index contributed by atoms with van der Waals surface area (Å²) in [6.07, 6.45) is 5.59. The fraction of sp³-hybridized carbons (Fsp3) is 0.533. The number of aromatic nitrogens is 3. The summed E-state index contributed by atoms with van der Waals surface area (Å²) < 4.78 is 2.13. The molecular weight excluding hydrogens is 286 g/mol. The van der Waals surface area contributed by atoms with Crippen molar-refractivity contribution >= 4 is 28.9 Å². The van der Waals surface area contributed by atoms with Gasteiger partial charge in [0, 0.05) is 12.2 Å². The maximum Gasteiger partial charge on any atom is 0.313 e. The molecule has 0 amide bonds. The highest BCUT2D eigenvalue weighted by molar-refractivity contribution is 7.99. The number of hydrogen-bond donors (Lipinski definition) is 1. The zero-order valence-electron chi connectivity index (χ0n) is 12.2. The standard InChI is InChI=1S/C15H19N3O2S/c1-9-6-12-14(16-7-9)18(10(2)11-4-3-5-11)15(17-12)21-8-13(19)20/h6-7,10-11H,3-5,8H2,1-2H3,(H,19,20). The van der Waals surface area contributed by atoms with E-state index in [9.17, 15) is 4.79 Å².